The van der Waals surface area contributed by atoms with Crippen molar-refractivity contribution in [1.82, 2.24) is 0 Å². The number of ether oxygens (including phenoxy) is 2. The fraction of sp³-hybridized carbons (Fsp3) is 0.231. The van der Waals surface area contributed by atoms with Gasteiger partial charge in [0.1, 0.15) is 12.3 Å². The van der Waals surface area contributed by atoms with Crippen molar-refractivity contribution in [3.8, 4) is 5.75 Å². The minimum Gasteiger partial charge on any atom is -0.495 e. The maximum absolute atomic E-state index is 13.7. The molecule has 0 saturated carbocycles. The highest BCUT2D eigenvalue weighted by Crippen LogP contribution is 2.33. The van der Waals surface area contributed by atoms with Crippen LogP contribution in [0.4, 0.5) is 11.4 Å². The highest BCUT2D eigenvalue weighted by molar-refractivity contribution is 7.92. The largest absolute Gasteiger partial charge is 0.495 e. The van der Waals surface area contributed by atoms with Gasteiger partial charge in [-0.05, 0) is 68.3 Å². The molecule has 0 aliphatic rings. The third-order valence-corrected chi connectivity index (χ3v) is 7.21. The van der Waals surface area contributed by atoms with E-state index in [1.54, 1.807) is 49.4 Å². The Balaban J connectivity index is 2.03. The van der Waals surface area contributed by atoms with Gasteiger partial charge >= 0.3 is 5.97 Å². The first-order chi connectivity index (χ1) is 16.6. The Bertz CT molecular complexity index is 1350. The summed E-state index contributed by atoms with van der Waals surface area (Å²) in [6.07, 6.45) is 0. The smallest absolute Gasteiger partial charge is 0.337 e. The molecule has 0 fully saturated rings. The van der Waals surface area contributed by atoms with E-state index < -0.39 is 28.4 Å². The van der Waals surface area contributed by atoms with Gasteiger partial charge in [0.2, 0.25) is 5.91 Å². The van der Waals surface area contributed by atoms with Crippen LogP contribution in [0.5, 0.6) is 5.75 Å². The van der Waals surface area contributed by atoms with Gasteiger partial charge in [0.25, 0.3) is 10.0 Å². The molecule has 8 nitrogen and oxygen atoms in total. The quantitative estimate of drug-likeness (QED) is 0.468. The Hall–Kier alpha value is -3.85. The summed E-state index contributed by atoms with van der Waals surface area (Å²) in [6, 6.07) is 16.2. The number of anilines is 2. The first-order valence-electron chi connectivity index (χ1n) is 10.8. The Morgan fingerprint density at radius 2 is 1.54 bits per heavy atom. The van der Waals surface area contributed by atoms with Crippen LogP contribution in [0, 0.1) is 20.8 Å². The van der Waals surface area contributed by atoms with Gasteiger partial charge in [0.15, 0.2) is 0 Å². The molecule has 9 heteroatoms. The topological polar surface area (TPSA) is 102 Å². The average Bonchev–Trinajstić information content (AvgIpc) is 2.83. The SMILES string of the molecule is COC(=O)c1ccc(C)c(NC(=O)CN(c2cc(C)ccc2OC)S(=O)(=O)c2ccc(C)cc2)c1. The summed E-state index contributed by atoms with van der Waals surface area (Å²) in [6.45, 7) is 4.93. The number of hydrogen-bond donors (Lipinski definition) is 1. The van der Waals surface area contributed by atoms with Gasteiger partial charge in [-0.1, -0.05) is 29.8 Å². The molecule has 184 valence electrons. The Morgan fingerprint density at radius 3 is 2.17 bits per heavy atom. The molecular weight excluding hydrogens is 468 g/mol. The van der Waals surface area contributed by atoms with E-state index in [9.17, 15) is 18.0 Å². The molecule has 0 atom stereocenters. The number of nitrogens with zero attached hydrogens (tertiary/aromatic N) is 1. The van der Waals surface area contributed by atoms with Crippen LogP contribution in [0.15, 0.2) is 65.6 Å². The lowest BCUT2D eigenvalue weighted by molar-refractivity contribution is -0.114. The number of benzene rings is 3. The second-order valence-electron chi connectivity index (χ2n) is 8.07. The van der Waals surface area contributed by atoms with Crippen molar-refractivity contribution in [2.24, 2.45) is 0 Å². The number of methoxy groups -OCH3 is 2. The van der Waals surface area contributed by atoms with Crippen molar-refractivity contribution < 1.29 is 27.5 Å². The van der Waals surface area contributed by atoms with Crippen LogP contribution in [-0.4, -0.2) is 41.1 Å². The number of nitrogens with one attached hydrogen (secondary N) is 1. The standard InChI is InChI=1S/C26H28N2O6S/c1-17-6-11-21(12-7-17)35(31,32)28(23-14-18(2)8-13-24(23)33-4)16-25(29)27-22-15-20(26(30)34-5)10-9-19(22)3/h6-15H,16H2,1-5H3,(H,27,29). The number of esters is 1. The number of carbonyl (C=O) groups is 2. The molecule has 1 N–H and O–H groups in total. The Morgan fingerprint density at radius 1 is 0.886 bits per heavy atom. The minimum absolute atomic E-state index is 0.0447. The van der Waals surface area contributed by atoms with Gasteiger partial charge in [-0.15, -0.1) is 0 Å². The lowest BCUT2D eigenvalue weighted by atomic mass is 10.1. The monoisotopic (exact) mass is 496 g/mol. The molecule has 0 aliphatic heterocycles. The van der Waals surface area contributed by atoms with Crippen molar-refractivity contribution in [3.05, 3.63) is 82.9 Å². The van der Waals surface area contributed by atoms with E-state index in [1.165, 1.54) is 32.4 Å². The van der Waals surface area contributed by atoms with Crippen LogP contribution in [0.1, 0.15) is 27.0 Å². The molecule has 0 spiro atoms. The van der Waals surface area contributed by atoms with Gasteiger partial charge in [-0.2, -0.15) is 0 Å². The molecule has 3 rings (SSSR count). The molecule has 0 aliphatic carbocycles. The molecule has 0 saturated heterocycles. The average molecular weight is 497 g/mol. The summed E-state index contributed by atoms with van der Waals surface area (Å²) in [5, 5.41) is 2.72. The van der Waals surface area contributed by atoms with Crippen molar-refractivity contribution in [3.63, 3.8) is 0 Å². The maximum Gasteiger partial charge on any atom is 0.337 e. The summed E-state index contributed by atoms with van der Waals surface area (Å²) in [7, 11) is -1.42. The molecule has 0 unspecified atom stereocenters. The molecule has 0 radical (unpaired) electrons. The Kier molecular flexibility index (Phi) is 7.81. The summed E-state index contributed by atoms with van der Waals surface area (Å²) >= 11 is 0. The van der Waals surface area contributed by atoms with Gasteiger partial charge in [0, 0.05) is 5.69 Å². The van der Waals surface area contributed by atoms with E-state index in [4.69, 9.17) is 9.47 Å². The number of rotatable bonds is 8. The summed E-state index contributed by atoms with van der Waals surface area (Å²) in [4.78, 5) is 25.1. The van der Waals surface area contributed by atoms with E-state index in [-0.39, 0.29) is 16.1 Å². The van der Waals surface area contributed by atoms with E-state index in [0.717, 1.165) is 15.4 Å². The highest BCUT2D eigenvalue weighted by Gasteiger charge is 2.30. The van der Waals surface area contributed by atoms with Crippen molar-refractivity contribution >= 4 is 33.3 Å². The van der Waals surface area contributed by atoms with E-state index in [1.807, 2.05) is 13.8 Å². The van der Waals surface area contributed by atoms with E-state index in [0.29, 0.717) is 17.0 Å². The fourth-order valence-corrected chi connectivity index (χ4v) is 4.88. The molecule has 35 heavy (non-hydrogen) atoms. The second kappa shape index (κ2) is 10.6. The van der Waals surface area contributed by atoms with Gasteiger partial charge in [-0.3, -0.25) is 9.10 Å². The predicted octanol–water partition coefficient (Wildman–Crippen LogP) is 4.24. The van der Waals surface area contributed by atoms with Crippen molar-refractivity contribution in [2.75, 3.05) is 30.4 Å². The van der Waals surface area contributed by atoms with Crippen LogP contribution in [0.2, 0.25) is 0 Å². The van der Waals surface area contributed by atoms with Crippen LogP contribution in [-0.2, 0) is 19.6 Å². The zero-order valence-electron chi connectivity index (χ0n) is 20.3. The molecule has 0 bridgehead atoms. The number of amides is 1. The second-order valence-corrected chi connectivity index (χ2v) is 9.93. The normalized spacial score (nSPS) is 11.0. The molecule has 3 aromatic rings. The predicted molar refractivity (Wildman–Crippen MR) is 135 cm³/mol. The first-order valence-corrected chi connectivity index (χ1v) is 12.2. The van der Waals surface area contributed by atoms with Gasteiger partial charge in [-0.25, -0.2) is 13.2 Å². The number of hydrogen-bond acceptors (Lipinski definition) is 6. The molecular formula is C26H28N2O6S. The van der Waals surface area contributed by atoms with Crippen LogP contribution < -0.4 is 14.4 Å². The lowest BCUT2D eigenvalue weighted by Gasteiger charge is -2.26. The summed E-state index contributed by atoms with van der Waals surface area (Å²) in [5.74, 6) is -0.828. The maximum atomic E-state index is 13.7. The number of carbonyl (C=O) groups excluding carboxylic acids is 2. The van der Waals surface area contributed by atoms with Crippen LogP contribution >= 0.6 is 0 Å². The van der Waals surface area contributed by atoms with Crippen molar-refractivity contribution in [2.45, 2.75) is 25.7 Å². The van der Waals surface area contributed by atoms with E-state index in [2.05, 4.69) is 5.32 Å². The summed E-state index contributed by atoms with van der Waals surface area (Å²) in [5.41, 5.74) is 3.28. The van der Waals surface area contributed by atoms with Gasteiger partial charge in [0.05, 0.1) is 30.4 Å². The molecule has 3 aromatic carbocycles. The fourth-order valence-electron chi connectivity index (χ4n) is 3.45. The lowest BCUT2D eigenvalue weighted by Crippen LogP contribution is -2.38. The summed E-state index contributed by atoms with van der Waals surface area (Å²) < 4.78 is 38.6. The molecule has 0 heterocycles. The van der Waals surface area contributed by atoms with Crippen LogP contribution in [0.25, 0.3) is 0 Å². The zero-order chi connectivity index (χ0) is 25.8. The van der Waals surface area contributed by atoms with Crippen molar-refractivity contribution in [1.29, 1.82) is 0 Å². The Labute approximate surface area is 205 Å². The van der Waals surface area contributed by atoms with E-state index >= 15 is 0 Å². The molecule has 1 amide bonds. The first kappa shape index (κ1) is 25.8. The third-order valence-electron chi connectivity index (χ3n) is 5.43. The zero-order valence-corrected chi connectivity index (χ0v) is 21.1. The van der Waals surface area contributed by atoms with Crippen LogP contribution in [0.3, 0.4) is 0 Å². The van der Waals surface area contributed by atoms with Gasteiger partial charge < -0.3 is 14.8 Å². The highest BCUT2D eigenvalue weighted by atomic mass is 32.2. The molecule has 0 aromatic heterocycles. The third kappa shape index (κ3) is 5.81. The minimum atomic E-state index is -4.12. The number of sulfonamides is 1. The number of aryl methyl sites for hydroxylation is 3.